The molecule has 8 heteroatoms. The Kier molecular flexibility index (Phi) is 4.22. The van der Waals surface area contributed by atoms with Crippen LogP contribution in [0.25, 0.3) is 0 Å². The van der Waals surface area contributed by atoms with Gasteiger partial charge in [0, 0.05) is 18.0 Å². The van der Waals surface area contributed by atoms with Gasteiger partial charge in [0.15, 0.2) is 0 Å². The number of likely N-dealkylation sites (tertiary alicyclic amines) is 1. The smallest absolute Gasteiger partial charge is 0.485 e. The van der Waals surface area contributed by atoms with Crippen molar-refractivity contribution in [3.8, 4) is 11.5 Å². The molecule has 0 aromatic heterocycles. The minimum Gasteiger partial charge on any atom is -0.485 e. The second-order valence-corrected chi connectivity index (χ2v) is 7.79. The highest BCUT2D eigenvalue weighted by Crippen LogP contribution is 2.47. The minimum absolute atomic E-state index is 0.0336. The fraction of sp³-hybridized carbons (Fsp3) is 0.450. The van der Waals surface area contributed by atoms with Crippen LogP contribution >= 0.6 is 0 Å². The van der Waals surface area contributed by atoms with Gasteiger partial charge in [0.1, 0.15) is 23.2 Å². The average Bonchev–Trinajstić information content (AvgIpc) is 2.92. The van der Waals surface area contributed by atoms with Crippen molar-refractivity contribution in [2.45, 2.75) is 38.0 Å². The van der Waals surface area contributed by atoms with Crippen molar-refractivity contribution >= 4 is 5.91 Å². The molecule has 150 valence electrons. The third-order valence-electron chi connectivity index (χ3n) is 5.48. The van der Waals surface area contributed by atoms with Gasteiger partial charge in [-0.25, -0.2) is 0 Å². The van der Waals surface area contributed by atoms with Crippen molar-refractivity contribution in [3.05, 3.63) is 48.1 Å². The molecule has 28 heavy (non-hydrogen) atoms. The summed E-state index contributed by atoms with van der Waals surface area (Å²) in [6, 6.07) is 2.89. The Bertz CT molecular complexity index is 861. The molecule has 4 rings (SSSR count). The topological polar surface area (TPSA) is 59.0 Å². The van der Waals surface area contributed by atoms with E-state index < -0.39 is 29.9 Å². The van der Waals surface area contributed by atoms with Gasteiger partial charge in [-0.2, -0.15) is 0 Å². The highest BCUT2D eigenvalue weighted by molar-refractivity contribution is 5.84. The van der Waals surface area contributed by atoms with E-state index in [9.17, 15) is 23.1 Å². The van der Waals surface area contributed by atoms with Crippen LogP contribution in [-0.2, 0) is 4.79 Å². The Balaban J connectivity index is 1.76. The molecule has 3 aliphatic rings. The Morgan fingerprint density at radius 2 is 1.96 bits per heavy atom. The predicted molar refractivity (Wildman–Crippen MR) is 93.6 cm³/mol. The van der Waals surface area contributed by atoms with Gasteiger partial charge in [0.25, 0.3) is 0 Å². The van der Waals surface area contributed by atoms with Crippen molar-refractivity contribution in [2.24, 2.45) is 11.8 Å². The number of carbonyl (C=O) groups excluding carboxylic acids is 1. The molecule has 1 aliphatic carbocycles. The number of amides is 1. The van der Waals surface area contributed by atoms with E-state index in [0.717, 1.165) is 6.07 Å². The lowest BCUT2D eigenvalue weighted by atomic mass is 9.85. The molecule has 0 bridgehead atoms. The van der Waals surface area contributed by atoms with E-state index in [0.29, 0.717) is 17.9 Å². The average molecular weight is 395 g/mol. The number of rotatable bonds is 2. The van der Waals surface area contributed by atoms with Crippen LogP contribution in [0.2, 0.25) is 0 Å². The number of aliphatic hydroxyl groups excluding tert-OH is 1. The fourth-order valence-electron chi connectivity index (χ4n) is 4.13. The molecule has 0 spiro atoms. The summed E-state index contributed by atoms with van der Waals surface area (Å²) in [6.07, 6.45) is 1.45. The molecular formula is C20H20F3NO4. The van der Waals surface area contributed by atoms with Crippen LogP contribution in [0.5, 0.6) is 11.5 Å². The van der Waals surface area contributed by atoms with Crippen LogP contribution in [0.1, 0.15) is 25.5 Å². The lowest BCUT2D eigenvalue weighted by Crippen LogP contribution is -2.54. The maximum atomic E-state index is 13.0. The highest BCUT2D eigenvalue weighted by atomic mass is 19.4. The van der Waals surface area contributed by atoms with Gasteiger partial charge < -0.3 is 19.5 Å². The highest BCUT2D eigenvalue weighted by Gasteiger charge is 2.51. The van der Waals surface area contributed by atoms with Crippen LogP contribution in [0.4, 0.5) is 13.2 Å². The summed E-state index contributed by atoms with van der Waals surface area (Å²) < 4.78 is 47.8. The van der Waals surface area contributed by atoms with Gasteiger partial charge in [-0.05, 0) is 32.0 Å². The molecule has 5 nitrogen and oxygen atoms in total. The Morgan fingerprint density at radius 1 is 1.25 bits per heavy atom. The van der Waals surface area contributed by atoms with E-state index in [2.05, 4.69) is 4.74 Å². The Morgan fingerprint density at radius 3 is 2.64 bits per heavy atom. The number of allylic oxidation sites excluding steroid dienone is 2. The Hall–Kier alpha value is -2.48. The van der Waals surface area contributed by atoms with Crippen LogP contribution in [0.15, 0.2) is 42.5 Å². The molecule has 2 heterocycles. The predicted octanol–water partition coefficient (Wildman–Crippen LogP) is 3.36. The van der Waals surface area contributed by atoms with E-state index in [1.54, 1.807) is 24.8 Å². The monoisotopic (exact) mass is 395 g/mol. The molecule has 4 atom stereocenters. The summed E-state index contributed by atoms with van der Waals surface area (Å²) in [6.45, 7) is 3.73. The zero-order chi connectivity index (χ0) is 20.3. The van der Waals surface area contributed by atoms with Gasteiger partial charge in [-0.15, -0.1) is 13.2 Å². The maximum Gasteiger partial charge on any atom is 0.573 e. The number of halogens is 3. The standard InChI is InChI=1S/C20H20F3NO4/c1-19(2)17(25)16(24-10-11-5-3-4-6-13(11)18(24)26)14-9-12(27-20(21,22)23)7-8-15(14)28-19/h3-9,11,13,16-17,25H,10H2,1-2H3/t11?,13?,16-,17+/m1/s1. The van der Waals surface area contributed by atoms with Gasteiger partial charge in [0.05, 0.1) is 12.0 Å². The van der Waals surface area contributed by atoms with Crippen molar-refractivity contribution in [2.75, 3.05) is 6.54 Å². The van der Waals surface area contributed by atoms with Crippen molar-refractivity contribution < 1.29 is 32.5 Å². The molecule has 0 saturated carbocycles. The second-order valence-electron chi connectivity index (χ2n) is 7.79. The number of nitrogens with zero attached hydrogens (tertiary/aromatic N) is 1. The summed E-state index contributed by atoms with van der Waals surface area (Å²) in [4.78, 5) is 14.5. The first-order valence-electron chi connectivity index (χ1n) is 8.99. The molecule has 1 amide bonds. The van der Waals surface area contributed by atoms with E-state index in [1.807, 2.05) is 18.2 Å². The van der Waals surface area contributed by atoms with Gasteiger partial charge >= 0.3 is 6.36 Å². The largest absolute Gasteiger partial charge is 0.573 e. The maximum absolute atomic E-state index is 13.0. The number of carbonyl (C=O) groups is 1. The first kappa shape index (κ1) is 18.9. The first-order chi connectivity index (χ1) is 13.1. The first-order valence-corrected chi connectivity index (χ1v) is 8.99. The Labute approximate surface area is 160 Å². The van der Waals surface area contributed by atoms with Crippen LogP contribution < -0.4 is 9.47 Å². The van der Waals surface area contributed by atoms with Gasteiger partial charge in [-0.1, -0.05) is 24.3 Å². The van der Waals surface area contributed by atoms with Crippen LogP contribution in [0.3, 0.4) is 0 Å². The van der Waals surface area contributed by atoms with Gasteiger partial charge in [-0.3, -0.25) is 4.79 Å². The molecule has 1 N–H and O–H groups in total. The third-order valence-corrected chi connectivity index (χ3v) is 5.48. The number of alkyl halides is 3. The number of hydrogen-bond donors (Lipinski definition) is 1. The third kappa shape index (κ3) is 3.15. The number of aliphatic hydroxyl groups is 1. The number of hydrogen-bond acceptors (Lipinski definition) is 4. The lowest BCUT2D eigenvalue weighted by molar-refractivity contribution is -0.274. The molecule has 1 aromatic carbocycles. The number of ether oxygens (including phenoxy) is 2. The zero-order valence-electron chi connectivity index (χ0n) is 15.3. The lowest BCUT2D eigenvalue weighted by Gasteiger charge is -2.45. The molecular weight excluding hydrogens is 375 g/mol. The molecule has 1 fully saturated rings. The van der Waals surface area contributed by atoms with Crippen molar-refractivity contribution in [3.63, 3.8) is 0 Å². The normalized spacial score (nSPS) is 30.6. The van der Waals surface area contributed by atoms with Crippen molar-refractivity contribution in [1.29, 1.82) is 0 Å². The van der Waals surface area contributed by atoms with E-state index in [4.69, 9.17) is 4.74 Å². The van der Waals surface area contributed by atoms with E-state index in [1.165, 1.54) is 12.1 Å². The SMILES string of the molecule is CC1(C)Oc2ccc(OC(F)(F)F)cc2[C@@H](N2CC3C=CC=CC3C2=O)[C@@H]1O. The summed E-state index contributed by atoms with van der Waals surface area (Å²) in [5.74, 6) is -0.630. The molecule has 2 aliphatic heterocycles. The van der Waals surface area contributed by atoms with E-state index >= 15 is 0 Å². The summed E-state index contributed by atoms with van der Waals surface area (Å²) in [5.41, 5.74) is -0.724. The van der Waals surface area contributed by atoms with Crippen LogP contribution in [-0.4, -0.2) is 40.5 Å². The molecule has 0 radical (unpaired) electrons. The fourth-order valence-corrected chi connectivity index (χ4v) is 4.13. The minimum atomic E-state index is -4.84. The van der Waals surface area contributed by atoms with Gasteiger partial charge in [0.2, 0.25) is 5.91 Å². The number of fused-ring (bicyclic) bond motifs is 2. The quantitative estimate of drug-likeness (QED) is 0.834. The van der Waals surface area contributed by atoms with Crippen molar-refractivity contribution in [1.82, 2.24) is 4.90 Å². The zero-order valence-corrected chi connectivity index (χ0v) is 15.3. The second kappa shape index (κ2) is 6.27. The molecule has 1 aromatic rings. The molecule has 1 saturated heterocycles. The summed E-state index contributed by atoms with van der Waals surface area (Å²) in [7, 11) is 0. The molecule has 2 unspecified atom stereocenters. The van der Waals surface area contributed by atoms with Crippen LogP contribution in [0, 0.1) is 11.8 Å². The summed E-state index contributed by atoms with van der Waals surface area (Å²) in [5, 5.41) is 11.0. The number of benzene rings is 1. The van der Waals surface area contributed by atoms with E-state index in [-0.39, 0.29) is 17.7 Å². The summed E-state index contributed by atoms with van der Waals surface area (Å²) >= 11 is 0.